The molecule has 1 fully saturated rings. The summed E-state index contributed by atoms with van der Waals surface area (Å²) in [5, 5.41) is 23.7. The average molecular weight is 457 g/mol. The third-order valence-corrected chi connectivity index (χ3v) is 6.74. The van der Waals surface area contributed by atoms with Crippen LogP contribution in [0.3, 0.4) is 0 Å². The van der Waals surface area contributed by atoms with Crippen molar-refractivity contribution in [1.82, 2.24) is 19.5 Å². The predicted molar refractivity (Wildman–Crippen MR) is 131 cm³/mol. The Morgan fingerprint density at radius 2 is 1.94 bits per heavy atom. The van der Waals surface area contributed by atoms with E-state index in [4.69, 9.17) is 4.98 Å². The highest BCUT2D eigenvalue weighted by Gasteiger charge is 2.19. The summed E-state index contributed by atoms with van der Waals surface area (Å²) in [5.41, 5.74) is 4.06. The number of nitrogens with zero attached hydrogens (tertiary/aromatic N) is 6. The third kappa shape index (κ3) is 4.38. The molecular formula is C25H24N6OS. The zero-order valence-electron chi connectivity index (χ0n) is 18.3. The summed E-state index contributed by atoms with van der Waals surface area (Å²) in [6.45, 7) is 4.79. The summed E-state index contributed by atoms with van der Waals surface area (Å²) >= 11 is 1.78. The summed E-state index contributed by atoms with van der Waals surface area (Å²) in [5.74, 6) is 1.03. The number of piperazine rings is 1. The third-order valence-electron chi connectivity index (χ3n) is 6.01. The lowest BCUT2D eigenvalue weighted by Gasteiger charge is -2.35. The Morgan fingerprint density at radius 1 is 1.09 bits per heavy atom. The van der Waals surface area contributed by atoms with E-state index >= 15 is 0 Å². The Hall–Kier alpha value is -3.54. The number of fused-ring (bicyclic) bond motifs is 1. The summed E-state index contributed by atoms with van der Waals surface area (Å²) in [6.07, 6.45) is 6.92. The molecule has 166 valence electrons. The van der Waals surface area contributed by atoms with Gasteiger partial charge in [-0.2, -0.15) is 10.4 Å². The summed E-state index contributed by atoms with van der Waals surface area (Å²) in [6, 6.07) is 16.6. The molecule has 5 rings (SSSR count). The first-order valence-electron chi connectivity index (χ1n) is 10.8. The highest BCUT2D eigenvalue weighted by Crippen LogP contribution is 2.31. The molecule has 4 aromatic rings. The molecule has 0 amide bonds. The number of nitriles is 1. The minimum atomic E-state index is 0.0911. The predicted octanol–water partition coefficient (Wildman–Crippen LogP) is 4.02. The molecule has 1 aromatic carbocycles. The summed E-state index contributed by atoms with van der Waals surface area (Å²) in [4.78, 5) is 10.8. The van der Waals surface area contributed by atoms with Crippen molar-refractivity contribution < 1.29 is 5.11 Å². The van der Waals surface area contributed by atoms with E-state index in [0.717, 1.165) is 49.7 Å². The van der Waals surface area contributed by atoms with E-state index < -0.39 is 0 Å². The van der Waals surface area contributed by atoms with Crippen LogP contribution in [-0.2, 0) is 6.54 Å². The van der Waals surface area contributed by atoms with Gasteiger partial charge in [-0.1, -0.05) is 12.1 Å². The Labute approximate surface area is 196 Å². The summed E-state index contributed by atoms with van der Waals surface area (Å²) < 4.78 is 1.53. The van der Waals surface area contributed by atoms with Crippen LogP contribution in [-0.4, -0.2) is 57.0 Å². The van der Waals surface area contributed by atoms with Crippen molar-refractivity contribution in [2.24, 2.45) is 0 Å². The maximum Gasteiger partial charge on any atom is 0.134 e. The molecular weight excluding hydrogens is 432 g/mol. The van der Waals surface area contributed by atoms with Gasteiger partial charge >= 0.3 is 0 Å². The van der Waals surface area contributed by atoms with Gasteiger partial charge < -0.3 is 10.0 Å². The standard InChI is InChI=1S/C25H24N6OS/c1-33-22-4-2-3-18(11-22)16-29-7-9-30(10-8-29)24-6-5-19(14-27-24)23-12-21(32)17-31-25(23)20(13-26)15-28-31/h2-6,11-12,14-15,17,32H,7-10,16H2,1H3. The van der Waals surface area contributed by atoms with Gasteiger partial charge in [0.05, 0.1) is 23.5 Å². The molecule has 4 heterocycles. The second-order valence-corrected chi connectivity index (χ2v) is 8.97. The smallest absolute Gasteiger partial charge is 0.134 e. The van der Waals surface area contributed by atoms with Crippen molar-refractivity contribution in [2.75, 3.05) is 37.3 Å². The molecule has 8 heteroatoms. The Bertz CT molecular complexity index is 1320. The number of anilines is 1. The van der Waals surface area contributed by atoms with Crippen LogP contribution in [0.15, 0.2) is 66.0 Å². The largest absolute Gasteiger partial charge is 0.506 e. The van der Waals surface area contributed by atoms with Crippen LogP contribution < -0.4 is 4.90 Å². The number of pyridine rings is 2. The Morgan fingerprint density at radius 3 is 2.67 bits per heavy atom. The Kier molecular flexibility index (Phi) is 5.90. The van der Waals surface area contributed by atoms with Crippen molar-refractivity contribution in [3.8, 4) is 22.9 Å². The topological polar surface area (TPSA) is 80.7 Å². The minimum Gasteiger partial charge on any atom is -0.506 e. The maximum atomic E-state index is 10.1. The molecule has 0 unspecified atom stereocenters. The molecule has 0 atom stereocenters. The van der Waals surface area contributed by atoms with Crippen molar-refractivity contribution in [3.63, 3.8) is 0 Å². The molecule has 1 saturated heterocycles. The molecule has 1 aliphatic heterocycles. The van der Waals surface area contributed by atoms with Crippen molar-refractivity contribution in [3.05, 3.63) is 72.2 Å². The average Bonchev–Trinajstić information content (AvgIpc) is 3.27. The lowest BCUT2D eigenvalue weighted by molar-refractivity contribution is 0.249. The highest BCUT2D eigenvalue weighted by atomic mass is 32.2. The van der Waals surface area contributed by atoms with Crippen LogP contribution in [0.1, 0.15) is 11.1 Å². The number of aromatic hydroxyl groups is 1. The number of hydrogen-bond acceptors (Lipinski definition) is 7. The fraction of sp³-hybridized carbons (Fsp3) is 0.240. The van der Waals surface area contributed by atoms with Gasteiger partial charge in [-0.15, -0.1) is 11.8 Å². The summed E-state index contributed by atoms with van der Waals surface area (Å²) in [7, 11) is 0. The molecule has 0 bridgehead atoms. The first-order chi connectivity index (χ1) is 16.1. The lowest BCUT2D eigenvalue weighted by atomic mass is 10.1. The van der Waals surface area contributed by atoms with E-state index in [1.807, 2.05) is 12.1 Å². The van der Waals surface area contributed by atoms with Crippen LogP contribution in [0.2, 0.25) is 0 Å². The van der Waals surface area contributed by atoms with Gasteiger partial charge in [0.25, 0.3) is 0 Å². The van der Waals surface area contributed by atoms with Gasteiger partial charge in [0, 0.05) is 54.9 Å². The fourth-order valence-corrected chi connectivity index (χ4v) is 4.79. The van der Waals surface area contributed by atoms with E-state index in [1.54, 1.807) is 24.0 Å². The molecule has 0 aliphatic carbocycles. The fourth-order valence-electron chi connectivity index (χ4n) is 4.31. The van der Waals surface area contributed by atoms with E-state index in [1.165, 1.54) is 27.4 Å². The second-order valence-electron chi connectivity index (χ2n) is 8.09. The number of rotatable bonds is 5. The van der Waals surface area contributed by atoms with Gasteiger partial charge in [-0.25, -0.2) is 9.50 Å². The zero-order chi connectivity index (χ0) is 22.8. The van der Waals surface area contributed by atoms with Crippen LogP contribution >= 0.6 is 11.8 Å². The van der Waals surface area contributed by atoms with Crippen LogP contribution in [0.4, 0.5) is 5.82 Å². The maximum absolute atomic E-state index is 10.1. The number of thioether (sulfide) groups is 1. The highest BCUT2D eigenvalue weighted by molar-refractivity contribution is 7.98. The lowest BCUT2D eigenvalue weighted by Crippen LogP contribution is -2.46. The number of hydrogen-bond donors (Lipinski definition) is 1. The SMILES string of the molecule is CSc1cccc(CN2CCN(c3ccc(-c4cc(O)cn5ncc(C#N)c45)cn3)CC2)c1. The molecule has 0 radical (unpaired) electrons. The molecule has 1 aliphatic rings. The normalized spacial score (nSPS) is 14.5. The van der Waals surface area contributed by atoms with Crippen LogP contribution in [0.25, 0.3) is 16.6 Å². The monoisotopic (exact) mass is 456 g/mol. The number of aromatic nitrogens is 3. The van der Waals surface area contributed by atoms with E-state index in [0.29, 0.717) is 11.1 Å². The molecule has 7 nitrogen and oxygen atoms in total. The zero-order valence-corrected chi connectivity index (χ0v) is 19.2. The molecule has 0 saturated carbocycles. The van der Waals surface area contributed by atoms with E-state index in [2.05, 4.69) is 51.5 Å². The van der Waals surface area contributed by atoms with Gasteiger partial charge in [0.15, 0.2) is 0 Å². The molecule has 1 N–H and O–H groups in total. The van der Waals surface area contributed by atoms with E-state index in [-0.39, 0.29) is 5.75 Å². The molecule has 0 spiro atoms. The number of benzene rings is 1. The van der Waals surface area contributed by atoms with Gasteiger partial charge in [-0.05, 0) is 42.2 Å². The molecule has 33 heavy (non-hydrogen) atoms. The van der Waals surface area contributed by atoms with E-state index in [9.17, 15) is 10.4 Å². The Balaban J connectivity index is 1.29. The second kappa shape index (κ2) is 9.14. The van der Waals surface area contributed by atoms with Crippen molar-refractivity contribution in [2.45, 2.75) is 11.4 Å². The first-order valence-corrected chi connectivity index (χ1v) is 12.0. The van der Waals surface area contributed by atoms with Crippen LogP contribution in [0.5, 0.6) is 5.75 Å². The first kappa shape index (κ1) is 21.3. The minimum absolute atomic E-state index is 0.0911. The quantitative estimate of drug-likeness (QED) is 0.454. The van der Waals surface area contributed by atoms with Gasteiger partial charge in [-0.3, -0.25) is 4.90 Å². The van der Waals surface area contributed by atoms with Crippen molar-refractivity contribution >= 4 is 23.1 Å². The van der Waals surface area contributed by atoms with Gasteiger partial charge in [0.1, 0.15) is 17.6 Å². The molecule has 3 aromatic heterocycles. The van der Waals surface area contributed by atoms with Gasteiger partial charge in [0.2, 0.25) is 0 Å². The van der Waals surface area contributed by atoms with Crippen LogP contribution in [0, 0.1) is 11.3 Å². The van der Waals surface area contributed by atoms with Crippen molar-refractivity contribution in [1.29, 1.82) is 5.26 Å².